The number of aromatic nitrogens is 3. The summed E-state index contributed by atoms with van der Waals surface area (Å²) in [4.78, 5) is 26.0. The molecule has 27 heavy (non-hydrogen) atoms. The number of amides is 1. The molecule has 0 saturated carbocycles. The molecule has 1 aliphatic carbocycles. The molecule has 0 unspecified atom stereocenters. The Hall–Kier alpha value is -1.87. The van der Waals surface area contributed by atoms with Crippen molar-refractivity contribution in [2.45, 2.75) is 58.2 Å². The number of esters is 1. The van der Waals surface area contributed by atoms with Gasteiger partial charge in [-0.05, 0) is 38.7 Å². The van der Waals surface area contributed by atoms with E-state index in [0.717, 1.165) is 48.8 Å². The first-order valence-corrected chi connectivity index (χ1v) is 11.1. The average molecular weight is 409 g/mol. The maximum absolute atomic E-state index is 12.5. The number of thioether (sulfide) groups is 1. The predicted molar refractivity (Wildman–Crippen MR) is 107 cm³/mol. The van der Waals surface area contributed by atoms with Gasteiger partial charge >= 0.3 is 5.97 Å². The van der Waals surface area contributed by atoms with Crippen LogP contribution in [0.25, 0.3) is 0 Å². The Morgan fingerprint density at radius 3 is 2.78 bits per heavy atom. The van der Waals surface area contributed by atoms with Crippen LogP contribution in [0.5, 0.6) is 0 Å². The van der Waals surface area contributed by atoms with E-state index in [1.807, 2.05) is 18.4 Å². The average Bonchev–Trinajstić information content (AvgIpc) is 3.33. The van der Waals surface area contributed by atoms with E-state index in [9.17, 15) is 9.59 Å². The first kappa shape index (κ1) is 19.9. The van der Waals surface area contributed by atoms with Crippen LogP contribution in [0.4, 0.5) is 5.00 Å². The lowest BCUT2D eigenvalue weighted by Crippen LogP contribution is -2.17. The van der Waals surface area contributed by atoms with Crippen LogP contribution in [0.2, 0.25) is 0 Å². The lowest BCUT2D eigenvalue weighted by atomic mass is 10.1. The smallest absolute Gasteiger partial charge is 0.341 e. The summed E-state index contributed by atoms with van der Waals surface area (Å²) in [5.74, 6) is 0.624. The number of nitrogens with zero attached hydrogens (tertiary/aromatic N) is 3. The van der Waals surface area contributed by atoms with Crippen LogP contribution in [0, 0.1) is 0 Å². The molecule has 9 heteroatoms. The van der Waals surface area contributed by atoms with Gasteiger partial charge in [0.2, 0.25) is 5.91 Å². The molecule has 2 heterocycles. The van der Waals surface area contributed by atoms with Crippen LogP contribution in [0.15, 0.2) is 5.16 Å². The summed E-state index contributed by atoms with van der Waals surface area (Å²) in [5.41, 5.74) is 1.58. The molecular formula is C18H24N4O3S2. The molecule has 146 valence electrons. The topological polar surface area (TPSA) is 86.1 Å². The zero-order valence-electron chi connectivity index (χ0n) is 15.8. The van der Waals surface area contributed by atoms with Gasteiger partial charge in [-0.25, -0.2) is 4.79 Å². The minimum absolute atomic E-state index is 0.158. The Morgan fingerprint density at radius 2 is 2.07 bits per heavy atom. The van der Waals surface area contributed by atoms with E-state index in [0.29, 0.717) is 17.2 Å². The summed E-state index contributed by atoms with van der Waals surface area (Å²) in [6.07, 6.45) is 3.67. The number of hydrogen-bond donors (Lipinski definition) is 1. The van der Waals surface area contributed by atoms with E-state index in [-0.39, 0.29) is 17.6 Å². The molecular weight excluding hydrogens is 384 g/mol. The highest BCUT2D eigenvalue weighted by atomic mass is 32.2. The van der Waals surface area contributed by atoms with Crippen molar-refractivity contribution in [2.75, 3.05) is 17.7 Å². The normalized spacial score (nSPS) is 12.9. The number of thiophene rings is 1. The predicted octanol–water partition coefficient (Wildman–Crippen LogP) is 3.32. The number of carbonyl (C=O) groups is 2. The summed E-state index contributed by atoms with van der Waals surface area (Å²) >= 11 is 2.85. The second kappa shape index (κ2) is 8.88. The van der Waals surface area contributed by atoms with Gasteiger partial charge in [-0.15, -0.1) is 21.5 Å². The Morgan fingerprint density at radius 1 is 1.26 bits per heavy atom. The molecule has 1 amide bonds. The van der Waals surface area contributed by atoms with Crippen LogP contribution in [-0.4, -0.2) is 39.0 Å². The van der Waals surface area contributed by atoms with Crippen molar-refractivity contribution in [3.63, 3.8) is 0 Å². The first-order chi connectivity index (χ1) is 13.1. The van der Waals surface area contributed by atoms with Gasteiger partial charge < -0.3 is 14.6 Å². The quantitative estimate of drug-likeness (QED) is 0.533. The van der Waals surface area contributed by atoms with Gasteiger partial charge in [0.25, 0.3) is 0 Å². The maximum Gasteiger partial charge on any atom is 0.341 e. The highest BCUT2D eigenvalue weighted by Gasteiger charge is 2.28. The molecule has 2 aromatic heterocycles. The molecule has 0 radical (unpaired) electrons. The number of aryl methyl sites for hydroxylation is 2. The molecule has 0 bridgehead atoms. The summed E-state index contributed by atoms with van der Waals surface area (Å²) in [6, 6.07) is 0. The summed E-state index contributed by atoms with van der Waals surface area (Å²) in [5, 5.41) is 12.6. The zero-order chi connectivity index (χ0) is 19.4. The van der Waals surface area contributed by atoms with Crippen LogP contribution in [0.3, 0.4) is 0 Å². The standard InChI is InChI=1S/C18H24N4O3S2/c1-4-13-20-21-18(22(13)5-2)26-10-14(23)19-16-15(17(24)25-6-3)11-8-7-9-12(11)27-16/h4-10H2,1-3H3,(H,19,23). The van der Waals surface area contributed by atoms with Crippen molar-refractivity contribution in [1.82, 2.24) is 14.8 Å². The van der Waals surface area contributed by atoms with Crippen molar-refractivity contribution in [3.8, 4) is 0 Å². The Balaban J connectivity index is 1.70. The molecule has 0 spiro atoms. The van der Waals surface area contributed by atoms with Crippen molar-refractivity contribution in [1.29, 1.82) is 0 Å². The molecule has 3 rings (SSSR count). The molecule has 0 atom stereocenters. The molecule has 2 aromatic rings. The van der Waals surface area contributed by atoms with E-state index in [1.54, 1.807) is 6.92 Å². The van der Waals surface area contributed by atoms with Crippen LogP contribution in [0.1, 0.15) is 53.8 Å². The number of carbonyl (C=O) groups excluding carboxylic acids is 2. The van der Waals surface area contributed by atoms with E-state index in [2.05, 4.69) is 15.5 Å². The highest BCUT2D eigenvalue weighted by molar-refractivity contribution is 7.99. The Labute approximate surface area is 166 Å². The van der Waals surface area contributed by atoms with Gasteiger partial charge in [0.05, 0.1) is 17.9 Å². The summed E-state index contributed by atoms with van der Waals surface area (Å²) in [7, 11) is 0. The highest BCUT2D eigenvalue weighted by Crippen LogP contribution is 2.39. The maximum atomic E-state index is 12.5. The molecule has 0 aliphatic heterocycles. The number of fused-ring (bicyclic) bond motifs is 1. The molecule has 7 nitrogen and oxygen atoms in total. The third-order valence-electron chi connectivity index (χ3n) is 4.41. The fourth-order valence-corrected chi connectivity index (χ4v) is 5.32. The number of anilines is 1. The second-order valence-electron chi connectivity index (χ2n) is 6.12. The fourth-order valence-electron chi connectivity index (χ4n) is 3.21. The van der Waals surface area contributed by atoms with Crippen molar-refractivity contribution in [2.24, 2.45) is 0 Å². The van der Waals surface area contributed by atoms with E-state index < -0.39 is 0 Å². The molecule has 0 fully saturated rings. The number of nitrogens with one attached hydrogen (secondary N) is 1. The van der Waals surface area contributed by atoms with Gasteiger partial charge in [0.15, 0.2) is 5.16 Å². The minimum Gasteiger partial charge on any atom is -0.462 e. The van der Waals surface area contributed by atoms with Crippen molar-refractivity contribution in [3.05, 3.63) is 21.8 Å². The molecule has 1 N–H and O–H groups in total. The van der Waals surface area contributed by atoms with Gasteiger partial charge in [0.1, 0.15) is 10.8 Å². The van der Waals surface area contributed by atoms with E-state index >= 15 is 0 Å². The van der Waals surface area contributed by atoms with Crippen molar-refractivity contribution >= 4 is 40.0 Å². The lowest BCUT2D eigenvalue weighted by molar-refractivity contribution is -0.113. The molecule has 0 saturated heterocycles. The molecule has 0 aromatic carbocycles. The lowest BCUT2D eigenvalue weighted by Gasteiger charge is -2.08. The van der Waals surface area contributed by atoms with Gasteiger partial charge in [0, 0.05) is 17.8 Å². The third kappa shape index (κ3) is 4.19. The summed E-state index contributed by atoms with van der Waals surface area (Å²) in [6.45, 7) is 6.94. The van der Waals surface area contributed by atoms with Crippen LogP contribution in [-0.2, 0) is 35.3 Å². The van der Waals surface area contributed by atoms with E-state index in [4.69, 9.17) is 4.74 Å². The van der Waals surface area contributed by atoms with Gasteiger partial charge in [-0.2, -0.15) is 0 Å². The van der Waals surface area contributed by atoms with Crippen molar-refractivity contribution < 1.29 is 14.3 Å². The third-order valence-corrected chi connectivity index (χ3v) is 6.59. The zero-order valence-corrected chi connectivity index (χ0v) is 17.5. The second-order valence-corrected chi connectivity index (χ2v) is 8.16. The van der Waals surface area contributed by atoms with Crippen LogP contribution >= 0.6 is 23.1 Å². The Bertz CT molecular complexity index is 844. The largest absolute Gasteiger partial charge is 0.462 e. The van der Waals surface area contributed by atoms with E-state index in [1.165, 1.54) is 28.0 Å². The SMILES string of the molecule is CCOC(=O)c1c(NC(=O)CSc2nnc(CC)n2CC)sc2c1CCC2. The van der Waals surface area contributed by atoms with Gasteiger partial charge in [-0.1, -0.05) is 18.7 Å². The Kier molecular flexibility index (Phi) is 6.54. The molecule has 1 aliphatic rings. The first-order valence-electron chi connectivity index (χ1n) is 9.25. The number of rotatable bonds is 8. The number of ether oxygens (including phenoxy) is 1. The monoisotopic (exact) mass is 408 g/mol. The van der Waals surface area contributed by atoms with Gasteiger partial charge in [-0.3, -0.25) is 4.79 Å². The summed E-state index contributed by atoms with van der Waals surface area (Å²) < 4.78 is 7.21. The minimum atomic E-state index is -0.349. The number of hydrogen-bond acceptors (Lipinski definition) is 7. The van der Waals surface area contributed by atoms with Crippen LogP contribution < -0.4 is 5.32 Å². The fraction of sp³-hybridized carbons (Fsp3) is 0.556.